The normalized spacial score (nSPS) is 19.5. The molecule has 0 radical (unpaired) electrons. The molecule has 1 unspecified atom stereocenters. The zero-order valence-electron chi connectivity index (χ0n) is 13.5. The van der Waals surface area contributed by atoms with E-state index in [1.807, 2.05) is 26.2 Å². The molecule has 2 aromatic rings. The van der Waals surface area contributed by atoms with Gasteiger partial charge >= 0.3 is 0 Å². The average Bonchev–Trinajstić information content (AvgIpc) is 3.06. The SMILES string of the molecule is CC(=O)c1cc(CN2CCCC(c3n[nH]c(C)n3)C2)n(C)c1. The number of aromatic amines is 1. The van der Waals surface area contributed by atoms with Crippen molar-refractivity contribution in [3.8, 4) is 0 Å². The van der Waals surface area contributed by atoms with Crippen molar-refractivity contribution in [2.24, 2.45) is 7.05 Å². The molecule has 0 spiro atoms. The third kappa shape index (κ3) is 3.11. The second-order valence-electron chi connectivity index (χ2n) is 6.24. The fourth-order valence-electron chi connectivity index (χ4n) is 3.14. The Morgan fingerprint density at radius 3 is 2.95 bits per heavy atom. The van der Waals surface area contributed by atoms with Crippen LogP contribution in [-0.2, 0) is 13.6 Å². The van der Waals surface area contributed by atoms with Crippen molar-refractivity contribution >= 4 is 5.78 Å². The van der Waals surface area contributed by atoms with Crippen molar-refractivity contribution in [1.29, 1.82) is 0 Å². The van der Waals surface area contributed by atoms with Gasteiger partial charge in [0.2, 0.25) is 0 Å². The topological polar surface area (TPSA) is 66.8 Å². The van der Waals surface area contributed by atoms with Gasteiger partial charge in [-0.05, 0) is 39.3 Å². The maximum atomic E-state index is 11.5. The molecule has 0 amide bonds. The lowest BCUT2D eigenvalue weighted by molar-refractivity contribution is 0.101. The summed E-state index contributed by atoms with van der Waals surface area (Å²) in [4.78, 5) is 18.4. The number of hydrogen-bond acceptors (Lipinski definition) is 4. The summed E-state index contributed by atoms with van der Waals surface area (Å²) in [6.07, 6.45) is 4.21. The number of H-pyrrole nitrogens is 1. The number of nitrogens with one attached hydrogen (secondary N) is 1. The standard InChI is InChI=1S/C16H23N5O/c1-11(22)14-7-15(20(3)8-14)10-21-6-4-5-13(9-21)16-17-12(2)18-19-16/h7-8,13H,4-6,9-10H2,1-3H3,(H,17,18,19). The van der Waals surface area contributed by atoms with Crippen molar-refractivity contribution in [2.75, 3.05) is 13.1 Å². The third-order valence-electron chi connectivity index (χ3n) is 4.39. The number of carbonyl (C=O) groups is 1. The first-order chi connectivity index (χ1) is 10.5. The summed E-state index contributed by atoms with van der Waals surface area (Å²) in [6.45, 7) is 6.47. The number of aromatic nitrogens is 4. The first-order valence-electron chi connectivity index (χ1n) is 7.80. The van der Waals surface area contributed by atoms with Crippen molar-refractivity contribution in [3.63, 3.8) is 0 Å². The van der Waals surface area contributed by atoms with Gasteiger partial charge in [0.05, 0.1) is 0 Å². The van der Waals surface area contributed by atoms with Gasteiger partial charge in [-0.3, -0.25) is 14.8 Å². The van der Waals surface area contributed by atoms with Crippen LogP contribution in [0, 0.1) is 6.92 Å². The van der Waals surface area contributed by atoms with Crippen molar-refractivity contribution in [1.82, 2.24) is 24.6 Å². The molecule has 22 heavy (non-hydrogen) atoms. The Kier molecular flexibility index (Phi) is 4.11. The Morgan fingerprint density at radius 2 is 2.32 bits per heavy atom. The largest absolute Gasteiger partial charge is 0.353 e. The zero-order valence-corrected chi connectivity index (χ0v) is 13.5. The van der Waals surface area contributed by atoms with Gasteiger partial charge in [-0.15, -0.1) is 0 Å². The molecule has 1 atom stereocenters. The molecule has 0 aliphatic carbocycles. The van der Waals surface area contributed by atoms with Gasteiger partial charge in [0, 0.05) is 43.5 Å². The Morgan fingerprint density at radius 1 is 1.50 bits per heavy atom. The molecule has 0 bridgehead atoms. The number of carbonyl (C=O) groups excluding carboxylic acids is 1. The number of rotatable bonds is 4. The first kappa shape index (κ1) is 15.0. The highest BCUT2D eigenvalue weighted by Gasteiger charge is 2.25. The molecule has 6 heteroatoms. The van der Waals surface area contributed by atoms with Crippen LogP contribution >= 0.6 is 0 Å². The van der Waals surface area contributed by atoms with Crippen molar-refractivity contribution in [2.45, 2.75) is 39.2 Å². The lowest BCUT2D eigenvalue weighted by Gasteiger charge is -2.31. The summed E-state index contributed by atoms with van der Waals surface area (Å²) in [5, 5.41) is 7.25. The second-order valence-corrected chi connectivity index (χ2v) is 6.24. The van der Waals surface area contributed by atoms with Gasteiger partial charge in [-0.2, -0.15) is 5.10 Å². The molecule has 3 heterocycles. The van der Waals surface area contributed by atoms with E-state index in [4.69, 9.17) is 0 Å². The maximum Gasteiger partial charge on any atom is 0.161 e. The van der Waals surface area contributed by atoms with E-state index in [2.05, 4.69) is 24.6 Å². The van der Waals surface area contributed by atoms with Crippen LogP contribution in [0.1, 0.15) is 53.4 Å². The molecule has 6 nitrogen and oxygen atoms in total. The number of aryl methyl sites for hydroxylation is 2. The van der Waals surface area contributed by atoms with E-state index in [9.17, 15) is 4.79 Å². The Labute approximate surface area is 130 Å². The molecule has 2 aromatic heterocycles. The van der Waals surface area contributed by atoms with E-state index in [-0.39, 0.29) is 5.78 Å². The number of nitrogens with zero attached hydrogens (tertiary/aromatic N) is 4. The molecule has 3 rings (SSSR count). The minimum Gasteiger partial charge on any atom is -0.353 e. The first-order valence-corrected chi connectivity index (χ1v) is 7.80. The molecule has 1 aliphatic rings. The van der Waals surface area contributed by atoms with Gasteiger partial charge in [-0.25, -0.2) is 4.98 Å². The molecule has 0 saturated carbocycles. The average molecular weight is 301 g/mol. The fourth-order valence-corrected chi connectivity index (χ4v) is 3.14. The van der Waals surface area contributed by atoms with Gasteiger partial charge in [-0.1, -0.05) is 0 Å². The summed E-state index contributed by atoms with van der Waals surface area (Å²) in [5.41, 5.74) is 1.97. The quantitative estimate of drug-likeness (QED) is 0.878. The summed E-state index contributed by atoms with van der Waals surface area (Å²) in [5.74, 6) is 2.32. The molecule has 118 valence electrons. The number of piperidine rings is 1. The summed E-state index contributed by atoms with van der Waals surface area (Å²) in [7, 11) is 2.00. The summed E-state index contributed by atoms with van der Waals surface area (Å²) in [6, 6.07) is 2.00. The van der Waals surface area contributed by atoms with Crippen molar-refractivity contribution < 1.29 is 4.79 Å². The van der Waals surface area contributed by atoms with Crippen LogP contribution in [0.25, 0.3) is 0 Å². The number of ketones is 1. The summed E-state index contributed by atoms with van der Waals surface area (Å²) < 4.78 is 2.05. The predicted octanol–water partition coefficient (Wildman–Crippen LogP) is 2.03. The minimum absolute atomic E-state index is 0.120. The lowest BCUT2D eigenvalue weighted by atomic mass is 9.97. The van der Waals surface area contributed by atoms with Crippen LogP contribution in [0.15, 0.2) is 12.3 Å². The van der Waals surface area contributed by atoms with Gasteiger partial charge in [0.25, 0.3) is 0 Å². The highest BCUT2D eigenvalue weighted by Crippen LogP contribution is 2.25. The Hall–Kier alpha value is -1.95. The molecule has 1 saturated heterocycles. The highest BCUT2D eigenvalue weighted by molar-refractivity contribution is 5.94. The van der Waals surface area contributed by atoms with E-state index >= 15 is 0 Å². The number of likely N-dealkylation sites (tertiary alicyclic amines) is 1. The molecule has 1 fully saturated rings. The molecular formula is C16H23N5O. The van der Waals surface area contributed by atoms with Crippen LogP contribution < -0.4 is 0 Å². The van der Waals surface area contributed by atoms with Crippen LogP contribution in [0.3, 0.4) is 0 Å². The molecule has 1 aliphatic heterocycles. The van der Waals surface area contributed by atoms with E-state index in [1.54, 1.807) is 6.92 Å². The maximum absolute atomic E-state index is 11.5. The van der Waals surface area contributed by atoms with E-state index in [1.165, 1.54) is 5.69 Å². The van der Waals surface area contributed by atoms with E-state index in [0.717, 1.165) is 49.7 Å². The van der Waals surface area contributed by atoms with E-state index < -0.39 is 0 Å². The number of Topliss-reactive ketones (excluding diaryl/α,β-unsaturated/α-hetero) is 1. The van der Waals surface area contributed by atoms with Crippen LogP contribution in [-0.4, -0.2) is 43.5 Å². The highest BCUT2D eigenvalue weighted by atomic mass is 16.1. The Bertz CT molecular complexity index is 672. The van der Waals surface area contributed by atoms with E-state index in [0.29, 0.717) is 5.92 Å². The fraction of sp³-hybridized carbons (Fsp3) is 0.562. The third-order valence-corrected chi connectivity index (χ3v) is 4.39. The van der Waals surface area contributed by atoms with Crippen LogP contribution in [0.5, 0.6) is 0 Å². The summed E-state index contributed by atoms with van der Waals surface area (Å²) >= 11 is 0. The van der Waals surface area contributed by atoms with Crippen LogP contribution in [0.4, 0.5) is 0 Å². The number of hydrogen-bond donors (Lipinski definition) is 1. The Balaban J connectivity index is 1.69. The smallest absolute Gasteiger partial charge is 0.161 e. The van der Waals surface area contributed by atoms with Gasteiger partial charge in [0.1, 0.15) is 5.82 Å². The minimum atomic E-state index is 0.120. The predicted molar refractivity (Wildman–Crippen MR) is 83.8 cm³/mol. The van der Waals surface area contributed by atoms with Gasteiger partial charge < -0.3 is 4.57 Å². The second kappa shape index (κ2) is 6.04. The van der Waals surface area contributed by atoms with Gasteiger partial charge in [0.15, 0.2) is 11.6 Å². The lowest BCUT2D eigenvalue weighted by Crippen LogP contribution is -2.34. The van der Waals surface area contributed by atoms with Crippen LogP contribution in [0.2, 0.25) is 0 Å². The zero-order chi connectivity index (χ0) is 15.7. The molecular weight excluding hydrogens is 278 g/mol. The monoisotopic (exact) mass is 301 g/mol. The molecule has 0 aromatic carbocycles. The molecule has 1 N–H and O–H groups in total. The van der Waals surface area contributed by atoms with Crippen molar-refractivity contribution in [3.05, 3.63) is 35.2 Å².